The maximum absolute atomic E-state index is 10.8. The van der Waals surface area contributed by atoms with Gasteiger partial charge in [-0.15, -0.1) is 11.8 Å². The molecule has 0 saturated heterocycles. The Labute approximate surface area is 110 Å². The minimum absolute atomic E-state index is 0.374. The fourth-order valence-corrected chi connectivity index (χ4v) is 2.86. The zero-order chi connectivity index (χ0) is 13.0. The number of carboxylic acids is 1. The number of nitrogens with one attached hydrogen (secondary N) is 1. The van der Waals surface area contributed by atoms with Crippen LogP contribution in [-0.4, -0.2) is 29.9 Å². The first-order valence-electron chi connectivity index (χ1n) is 5.04. The number of benzene rings is 1. The summed E-state index contributed by atoms with van der Waals surface area (Å²) in [5.74, 6) is -0.513. The molecule has 0 aliphatic carbocycles. The molecule has 0 heterocycles. The summed E-state index contributed by atoms with van der Waals surface area (Å²) >= 11 is 7.42. The molecule has 0 radical (unpaired) electrons. The van der Waals surface area contributed by atoms with E-state index in [-0.39, 0.29) is 0 Å². The van der Waals surface area contributed by atoms with Crippen molar-refractivity contribution in [3.63, 3.8) is 0 Å². The first-order valence-corrected chi connectivity index (χ1v) is 6.40. The SMILES string of the molecule is CN[C@@H](CSc1c(N)cc(C)cc1Cl)C(=O)O. The minimum atomic E-state index is -0.887. The third-order valence-corrected chi connectivity index (χ3v) is 3.91. The van der Waals surface area contributed by atoms with E-state index in [1.54, 1.807) is 7.05 Å². The molecule has 0 spiro atoms. The lowest BCUT2D eigenvalue weighted by Gasteiger charge is -2.13. The Hall–Kier alpha value is -0.910. The van der Waals surface area contributed by atoms with E-state index in [2.05, 4.69) is 5.32 Å². The average molecular weight is 275 g/mol. The van der Waals surface area contributed by atoms with Gasteiger partial charge in [0.05, 0.1) is 5.02 Å². The first-order chi connectivity index (χ1) is 7.95. The average Bonchev–Trinajstić information content (AvgIpc) is 2.21. The van der Waals surface area contributed by atoms with Crippen molar-refractivity contribution < 1.29 is 9.90 Å². The molecule has 1 rings (SSSR count). The van der Waals surface area contributed by atoms with Crippen LogP contribution >= 0.6 is 23.4 Å². The molecule has 0 aliphatic heterocycles. The summed E-state index contributed by atoms with van der Waals surface area (Å²) in [5.41, 5.74) is 7.42. The standard InChI is InChI=1S/C11H15ClN2O2S/c1-6-3-7(12)10(8(13)4-6)17-5-9(14-2)11(15)16/h3-4,9,14H,5,13H2,1-2H3,(H,15,16)/t9-/m0/s1. The van der Waals surface area contributed by atoms with Gasteiger partial charge < -0.3 is 16.2 Å². The second-order valence-electron chi connectivity index (χ2n) is 3.66. The molecule has 1 aromatic carbocycles. The highest BCUT2D eigenvalue weighted by Gasteiger charge is 2.16. The lowest BCUT2D eigenvalue weighted by atomic mass is 10.2. The van der Waals surface area contributed by atoms with Crippen LogP contribution in [0.25, 0.3) is 0 Å². The van der Waals surface area contributed by atoms with Crippen LogP contribution in [0.1, 0.15) is 5.56 Å². The zero-order valence-electron chi connectivity index (χ0n) is 9.66. The minimum Gasteiger partial charge on any atom is -0.480 e. The number of hydrogen-bond acceptors (Lipinski definition) is 4. The van der Waals surface area contributed by atoms with Crippen molar-refractivity contribution in [2.24, 2.45) is 0 Å². The first kappa shape index (κ1) is 14.2. The molecule has 4 nitrogen and oxygen atoms in total. The molecule has 94 valence electrons. The number of anilines is 1. The zero-order valence-corrected chi connectivity index (χ0v) is 11.2. The van der Waals surface area contributed by atoms with Gasteiger partial charge >= 0.3 is 5.97 Å². The maximum atomic E-state index is 10.8. The second-order valence-corrected chi connectivity index (χ2v) is 5.09. The van der Waals surface area contributed by atoms with Gasteiger partial charge in [-0.3, -0.25) is 4.79 Å². The molecule has 0 aliphatic rings. The normalized spacial score (nSPS) is 12.4. The number of likely N-dealkylation sites (N-methyl/N-ethyl adjacent to an activating group) is 1. The summed E-state index contributed by atoms with van der Waals surface area (Å²) in [6.07, 6.45) is 0. The molecular formula is C11H15ClN2O2S. The highest BCUT2D eigenvalue weighted by atomic mass is 35.5. The summed E-state index contributed by atoms with van der Waals surface area (Å²) < 4.78 is 0. The van der Waals surface area contributed by atoms with Crippen molar-refractivity contribution in [2.45, 2.75) is 17.9 Å². The molecule has 4 N–H and O–H groups in total. The lowest BCUT2D eigenvalue weighted by molar-refractivity contribution is -0.138. The van der Waals surface area contributed by atoms with Crippen LogP contribution < -0.4 is 11.1 Å². The van der Waals surface area contributed by atoms with Gasteiger partial charge in [-0.2, -0.15) is 0 Å². The number of carbonyl (C=O) groups is 1. The molecule has 17 heavy (non-hydrogen) atoms. The fraction of sp³-hybridized carbons (Fsp3) is 0.364. The van der Waals surface area contributed by atoms with Crippen LogP contribution in [0.15, 0.2) is 17.0 Å². The van der Waals surface area contributed by atoms with E-state index < -0.39 is 12.0 Å². The largest absolute Gasteiger partial charge is 0.480 e. The third kappa shape index (κ3) is 3.80. The van der Waals surface area contributed by atoms with Crippen LogP contribution in [0.3, 0.4) is 0 Å². The van der Waals surface area contributed by atoms with E-state index in [0.29, 0.717) is 16.5 Å². The van der Waals surface area contributed by atoms with Crippen LogP contribution in [0, 0.1) is 6.92 Å². The summed E-state index contributed by atoms with van der Waals surface area (Å²) in [5, 5.41) is 12.2. The predicted octanol–water partition coefficient (Wildman–Crippen LogP) is 2.00. The lowest BCUT2D eigenvalue weighted by Crippen LogP contribution is -2.35. The van der Waals surface area contributed by atoms with Crippen LogP contribution in [-0.2, 0) is 4.79 Å². The van der Waals surface area contributed by atoms with Gasteiger partial charge in [-0.25, -0.2) is 0 Å². The van der Waals surface area contributed by atoms with Gasteiger partial charge in [0.1, 0.15) is 6.04 Å². The Morgan fingerprint density at radius 2 is 2.29 bits per heavy atom. The van der Waals surface area contributed by atoms with E-state index in [4.69, 9.17) is 22.4 Å². The van der Waals surface area contributed by atoms with Crippen LogP contribution in [0.2, 0.25) is 5.02 Å². The van der Waals surface area contributed by atoms with Crippen molar-refractivity contribution in [3.05, 3.63) is 22.7 Å². The van der Waals surface area contributed by atoms with Gasteiger partial charge in [0.25, 0.3) is 0 Å². The molecular weight excluding hydrogens is 260 g/mol. The highest BCUT2D eigenvalue weighted by molar-refractivity contribution is 7.99. The number of rotatable bonds is 5. The third-order valence-electron chi connectivity index (χ3n) is 2.26. The van der Waals surface area contributed by atoms with Gasteiger partial charge in [0.15, 0.2) is 0 Å². The van der Waals surface area contributed by atoms with Crippen molar-refractivity contribution in [3.8, 4) is 0 Å². The van der Waals surface area contributed by atoms with E-state index in [1.807, 2.05) is 19.1 Å². The molecule has 0 saturated carbocycles. The molecule has 1 aromatic rings. The number of halogens is 1. The van der Waals surface area contributed by atoms with Gasteiger partial charge in [-0.05, 0) is 31.7 Å². The Balaban J connectivity index is 2.79. The van der Waals surface area contributed by atoms with E-state index in [0.717, 1.165) is 10.5 Å². The summed E-state index contributed by atoms with van der Waals surface area (Å²) in [6.45, 7) is 1.91. The number of aliphatic carboxylic acids is 1. The number of carboxylic acid groups (broad SMARTS) is 1. The highest BCUT2D eigenvalue weighted by Crippen LogP contribution is 2.34. The molecule has 0 unspecified atom stereocenters. The van der Waals surface area contributed by atoms with Crippen molar-refractivity contribution >= 4 is 35.0 Å². The molecule has 0 fully saturated rings. The summed E-state index contributed by atoms with van der Waals surface area (Å²) in [7, 11) is 1.61. The smallest absolute Gasteiger partial charge is 0.321 e. The Bertz CT molecular complexity index is 403. The summed E-state index contributed by atoms with van der Waals surface area (Å²) in [6, 6.07) is 3.02. The molecule has 6 heteroatoms. The Morgan fingerprint density at radius 3 is 2.76 bits per heavy atom. The van der Waals surface area contributed by atoms with Crippen LogP contribution in [0.4, 0.5) is 5.69 Å². The maximum Gasteiger partial charge on any atom is 0.321 e. The van der Waals surface area contributed by atoms with E-state index in [9.17, 15) is 4.79 Å². The number of thioether (sulfide) groups is 1. The van der Waals surface area contributed by atoms with Crippen molar-refractivity contribution in [1.82, 2.24) is 5.32 Å². The van der Waals surface area contributed by atoms with Crippen molar-refractivity contribution in [2.75, 3.05) is 18.5 Å². The number of nitrogens with two attached hydrogens (primary N) is 1. The number of aryl methyl sites for hydroxylation is 1. The Morgan fingerprint density at radius 1 is 1.65 bits per heavy atom. The monoisotopic (exact) mass is 274 g/mol. The van der Waals surface area contributed by atoms with Gasteiger partial charge in [0, 0.05) is 16.3 Å². The van der Waals surface area contributed by atoms with Gasteiger partial charge in [0.2, 0.25) is 0 Å². The molecule has 0 amide bonds. The molecule has 0 aromatic heterocycles. The number of hydrogen-bond donors (Lipinski definition) is 3. The van der Waals surface area contributed by atoms with Crippen LogP contribution in [0.5, 0.6) is 0 Å². The number of nitrogen functional groups attached to an aromatic ring is 1. The fourth-order valence-electron chi connectivity index (χ4n) is 1.35. The van der Waals surface area contributed by atoms with E-state index >= 15 is 0 Å². The predicted molar refractivity (Wildman–Crippen MR) is 71.8 cm³/mol. The molecule has 1 atom stereocenters. The second kappa shape index (κ2) is 6.14. The van der Waals surface area contributed by atoms with E-state index in [1.165, 1.54) is 11.8 Å². The van der Waals surface area contributed by atoms with Gasteiger partial charge in [-0.1, -0.05) is 11.6 Å². The summed E-state index contributed by atoms with van der Waals surface area (Å²) in [4.78, 5) is 11.6. The van der Waals surface area contributed by atoms with Crippen molar-refractivity contribution in [1.29, 1.82) is 0 Å². The molecule has 0 bridgehead atoms. The Kier molecular flexibility index (Phi) is 5.11. The quantitative estimate of drug-likeness (QED) is 0.566. The topological polar surface area (TPSA) is 75.3 Å².